The Morgan fingerprint density at radius 3 is 1.89 bits per heavy atom. The summed E-state index contributed by atoms with van der Waals surface area (Å²) in [6.07, 6.45) is 0. The first kappa shape index (κ1) is 7.10. The van der Waals surface area contributed by atoms with Gasteiger partial charge in [-0.1, -0.05) is 0 Å². The predicted octanol–water partition coefficient (Wildman–Crippen LogP) is 0.698. The first-order chi connectivity index (χ1) is 3.96. The molecular formula is C6H13BNO. The van der Waals surface area contributed by atoms with Gasteiger partial charge in [0.15, 0.2) is 0 Å². The molecule has 1 aliphatic heterocycles. The molecule has 0 aromatic heterocycles. The molecule has 2 nitrogen and oxygen atoms in total. The van der Waals surface area contributed by atoms with Crippen molar-refractivity contribution >= 4 is 7.62 Å². The van der Waals surface area contributed by atoms with E-state index in [0.29, 0.717) is 0 Å². The van der Waals surface area contributed by atoms with E-state index in [4.69, 9.17) is 4.65 Å². The normalized spacial score (nSPS) is 29.8. The maximum absolute atomic E-state index is 5.32. The summed E-state index contributed by atoms with van der Waals surface area (Å²) in [5.74, 6) is 0. The minimum atomic E-state index is -0.0764. The van der Waals surface area contributed by atoms with Crippen molar-refractivity contribution in [2.24, 2.45) is 0 Å². The summed E-state index contributed by atoms with van der Waals surface area (Å²) in [5.41, 5.74) is -0.0139. The molecule has 1 N–H and O–H groups in total. The maximum atomic E-state index is 5.32. The van der Waals surface area contributed by atoms with Gasteiger partial charge >= 0.3 is 7.62 Å². The van der Waals surface area contributed by atoms with Crippen LogP contribution in [0.4, 0.5) is 0 Å². The van der Waals surface area contributed by atoms with Gasteiger partial charge in [0.05, 0.1) is 5.60 Å². The summed E-state index contributed by atoms with van der Waals surface area (Å²) in [6.45, 7) is 8.39. The summed E-state index contributed by atoms with van der Waals surface area (Å²) in [6, 6.07) is 0. The third-order valence-corrected chi connectivity index (χ3v) is 2.28. The molecule has 1 aliphatic rings. The Labute approximate surface area is 57.3 Å². The molecule has 0 spiro atoms. The van der Waals surface area contributed by atoms with Gasteiger partial charge in [-0.15, -0.1) is 0 Å². The van der Waals surface area contributed by atoms with E-state index < -0.39 is 0 Å². The second kappa shape index (κ2) is 1.73. The van der Waals surface area contributed by atoms with E-state index in [0.717, 1.165) is 0 Å². The molecule has 9 heavy (non-hydrogen) atoms. The average molecular weight is 126 g/mol. The zero-order chi connectivity index (χ0) is 7.12. The topological polar surface area (TPSA) is 21.3 Å². The molecule has 1 heterocycles. The highest BCUT2D eigenvalue weighted by atomic mass is 16.5. The van der Waals surface area contributed by atoms with Crippen LogP contribution in [0, 0.1) is 0 Å². The highest BCUT2D eigenvalue weighted by Gasteiger charge is 2.42. The molecule has 0 aromatic carbocycles. The fraction of sp³-hybridized carbons (Fsp3) is 1.00. The van der Waals surface area contributed by atoms with E-state index in [9.17, 15) is 0 Å². The molecule has 0 amide bonds. The van der Waals surface area contributed by atoms with E-state index in [-0.39, 0.29) is 11.1 Å². The van der Waals surface area contributed by atoms with Crippen molar-refractivity contribution < 1.29 is 4.65 Å². The van der Waals surface area contributed by atoms with Gasteiger partial charge in [0, 0.05) is 5.54 Å². The van der Waals surface area contributed by atoms with E-state index in [1.54, 1.807) is 7.62 Å². The lowest BCUT2D eigenvalue weighted by molar-refractivity contribution is 0.0772. The Morgan fingerprint density at radius 1 is 1.22 bits per heavy atom. The minimum Gasteiger partial charge on any atom is -0.417 e. The van der Waals surface area contributed by atoms with Crippen LogP contribution in [-0.2, 0) is 4.65 Å². The summed E-state index contributed by atoms with van der Waals surface area (Å²) < 4.78 is 5.32. The molecule has 0 saturated carbocycles. The SMILES string of the molecule is CC1(C)N[B]OC1(C)C. The minimum absolute atomic E-state index is 0.0625. The van der Waals surface area contributed by atoms with Crippen LogP contribution in [-0.4, -0.2) is 18.8 Å². The Hall–Kier alpha value is -0.0151. The standard InChI is InChI=1S/C6H13BNO/c1-5(2)6(3,4)9-7-8-5/h8H,1-4H3. The van der Waals surface area contributed by atoms with Crippen molar-refractivity contribution in [1.82, 2.24) is 5.23 Å². The zero-order valence-electron chi connectivity index (χ0n) is 6.49. The number of nitrogens with one attached hydrogen (secondary N) is 1. The lowest BCUT2D eigenvalue weighted by Gasteiger charge is -2.33. The zero-order valence-corrected chi connectivity index (χ0v) is 6.49. The summed E-state index contributed by atoms with van der Waals surface area (Å²) in [7, 11) is 1.67. The number of hydrogen-bond donors (Lipinski definition) is 1. The van der Waals surface area contributed by atoms with Gasteiger partial charge in [-0.2, -0.15) is 0 Å². The second-order valence-electron chi connectivity index (χ2n) is 3.52. The third-order valence-electron chi connectivity index (χ3n) is 2.28. The van der Waals surface area contributed by atoms with Crippen molar-refractivity contribution in [3.63, 3.8) is 0 Å². The molecule has 1 fully saturated rings. The maximum Gasteiger partial charge on any atom is 0.396 e. The molecule has 1 radical (unpaired) electrons. The molecule has 1 saturated heterocycles. The highest BCUT2D eigenvalue weighted by molar-refractivity contribution is 6.25. The van der Waals surface area contributed by atoms with Crippen LogP contribution >= 0.6 is 0 Å². The van der Waals surface area contributed by atoms with Gasteiger partial charge in [-0.05, 0) is 27.7 Å². The molecule has 0 atom stereocenters. The monoisotopic (exact) mass is 126 g/mol. The summed E-state index contributed by atoms with van der Waals surface area (Å²) >= 11 is 0. The molecule has 0 aromatic rings. The fourth-order valence-corrected chi connectivity index (χ4v) is 0.645. The van der Waals surface area contributed by atoms with Crippen molar-refractivity contribution in [3.05, 3.63) is 0 Å². The van der Waals surface area contributed by atoms with Crippen LogP contribution in [0.3, 0.4) is 0 Å². The predicted molar refractivity (Wildman–Crippen MR) is 38.1 cm³/mol. The molecule has 1 rings (SSSR count). The van der Waals surface area contributed by atoms with E-state index in [1.807, 2.05) is 0 Å². The van der Waals surface area contributed by atoms with Gasteiger partial charge in [0.1, 0.15) is 0 Å². The van der Waals surface area contributed by atoms with E-state index in [1.165, 1.54) is 0 Å². The van der Waals surface area contributed by atoms with Crippen molar-refractivity contribution in [1.29, 1.82) is 0 Å². The molecule has 3 heteroatoms. The average Bonchev–Trinajstić information content (AvgIpc) is 1.81. The Kier molecular flexibility index (Phi) is 1.37. The lowest BCUT2D eigenvalue weighted by atomic mass is 9.87. The Bertz CT molecular complexity index is 108. The van der Waals surface area contributed by atoms with Crippen LogP contribution in [0.15, 0.2) is 0 Å². The van der Waals surface area contributed by atoms with Gasteiger partial charge in [0.25, 0.3) is 0 Å². The van der Waals surface area contributed by atoms with Crippen LogP contribution in [0.5, 0.6) is 0 Å². The van der Waals surface area contributed by atoms with Crippen LogP contribution in [0.25, 0.3) is 0 Å². The van der Waals surface area contributed by atoms with Crippen LogP contribution < -0.4 is 5.23 Å². The molecular weight excluding hydrogens is 113 g/mol. The summed E-state index contributed by atoms with van der Waals surface area (Å²) in [5, 5.41) is 3.14. The van der Waals surface area contributed by atoms with E-state index >= 15 is 0 Å². The van der Waals surface area contributed by atoms with Gasteiger partial charge < -0.3 is 9.88 Å². The van der Waals surface area contributed by atoms with Crippen molar-refractivity contribution in [3.8, 4) is 0 Å². The Morgan fingerprint density at radius 2 is 1.78 bits per heavy atom. The van der Waals surface area contributed by atoms with Crippen LogP contribution in [0.2, 0.25) is 0 Å². The largest absolute Gasteiger partial charge is 0.417 e. The first-order valence-corrected chi connectivity index (χ1v) is 3.23. The van der Waals surface area contributed by atoms with Crippen molar-refractivity contribution in [2.45, 2.75) is 38.8 Å². The van der Waals surface area contributed by atoms with Gasteiger partial charge in [0.2, 0.25) is 0 Å². The van der Waals surface area contributed by atoms with Crippen molar-refractivity contribution in [2.75, 3.05) is 0 Å². The number of rotatable bonds is 0. The summed E-state index contributed by atoms with van der Waals surface area (Å²) in [4.78, 5) is 0. The van der Waals surface area contributed by atoms with Gasteiger partial charge in [-0.3, -0.25) is 0 Å². The molecule has 0 bridgehead atoms. The fourth-order valence-electron chi connectivity index (χ4n) is 0.645. The third kappa shape index (κ3) is 0.991. The first-order valence-electron chi connectivity index (χ1n) is 3.23. The number of hydrogen-bond acceptors (Lipinski definition) is 2. The van der Waals surface area contributed by atoms with Crippen LogP contribution in [0.1, 0.15) is 27.7 Å². The molecule has 0 aliphatic carbocycles. The lowest BCUT2D eigenvalue weighted by Crippen LogP contribution is -2.48. The molecule has 0 unspecified atom stereocenters. The quantitative estimate of drug-likeness (QED) is 0.482. The second-order valence-corrected chi connectivity index (χ2v) is 3.52. The van der Waals surface area contributed by atoms with Gasteiger partial charge in [-0.25, -0.2) is 0 Å². The smallest absolute Gasteiger partial charge is 0.396 e. The molecule has 51 valence electrons. The Balaban J connectivity index is 2.75. The highest BCUT2D eigenvalue weighted by Crippen LogP contribution is 2.28. The van der Waals surface area contributed by atoms with E-state index in [2.05, 4.69) is 32.9 Å².